The maximum atomic E-state index is 12.0. The van der Waals surface area contributed by atoms with Crippen molar-refractivity contribution >= 4 is 22.4 Å². The monoisotopic (exact) mass is 336 g/mol. The first-order valence-electron chi connectivity index (χ1n) is 9.13. The van der Waals surface area contributed by atoms with Crippen LogP contribution in [0.25, 0.3) is 10.8 Å². The Morgan fingerprint density at radius 2 is 2.00 bits per heavy atom. The summed E-state index contributed by atoms with van der Waals surface area (Å²) in [6.45, 7) is 2.02. The van der Waals surface area contributed by atoms with Crippen LogP contribution < -0.4 is 10.2 Å². The first-order valence-corrected chi connectivity index (χ1v) is 9.13. The van der Waals surface area contributed by atoms with Crippen molar-refractivity contribution in [2.45, 2.75) is 32.6 Å². The molecule has 4 heteroatoms. The smallest absolute Gasteiger partial charge is 0.277 e. The minimum atomic E-state index is -0.212. The van der Waals surface area contributed by atoms with Crippen LogP contribution in [0.1, 0.15) is 32.6 Å². The average Bonchev–Trinajstić information content (AvgIpc) is 3.27. The van der Waals surface area contributed by atoms with Crippen LogP contribution in [0, 0.1) is 17.8 Å². The lowest BCUT2D eigenvalue weighted by Gasteiger charge is -2.21. The molecule has 0 spiro atoms. The van der Waals surface area contributed by atoms with E-state index < -0.39 is 0 Å². The lowest BCUT2D eigenvalue weighted by Crippen LogP contribution is -2.28. The number of rotatable bonds is 5. The maximum Gasteiger partial charge on any atom is 0.277 e. The number of hydrogen-bond donors (Lipinski definition) is 1. The number of ether oxygens (including phenoxy) is 1. The fraction of sp³-hybridized carbons (Fsp3) is 0.429. The molecule has 2 aliphatic rings. The zero-order valence-electron chi connectivity index (χ0n) is 14.6. The minimum absolute atomic E-state index is 0.0220. The Balaban J connectivity index is 1.30. The number of nitrogens with zero attached hydrogens (tertiary/aromatic N) is 1. The van der Waals surface area contributed by atoms with Crippen LogP contribution in [0.5, 0.6) is 5.75 Å². The summed E-state index contributed by atoms with van der Waals surface area (Å²) in [4.78, 5) is 12.0. The zero-order valence-corrected chi connectivity index (χ0v) is 14.6. The van der Waals surface area contributed by atoms with Crippen LogP contribution in [-0.4, -0.2) is 18.2 Å². The molecule has 2 saturated carbocycles. The molecule has 2 bridgehead atoms. The number of nitrogens with one attached hydrogen (secondary N) is 1. The number of benzene rings is 2. The molecule has 0 saturated heterocycles. The molecule has 130 valence electrons. The summed E-state index contributed by atoms with van der Waals surface area (Å²) >= 11 is 0. The first-order chi connectivity index (χ1) is 12.2. The molecule has 0 radical (unpaired) electrons. The van der Waals surface area contributed by atoms with Gasteiger partial charge in [-0.2, -0.15) is 5.10 Å². The van der Waals surface area contributed by atoms with Crippen LogP contribution in [-0.2, 0) is 4.79 Å². The standard InChI is InChI=1S/C21H24N2O2/c1-14(20-11-15-6-7-18(20)10-15)22-23-21(24)13-25-19-9-8-16-4-2-3-5-17(16)12-19/h2-5,8-9,12,15,18,20H,6-7,10-11,13H2,1H3,(H,23,24)/b22-14+. The van der Waals surface area contributed by atoms with E-state index in [-0.39, 0.29) is 12.5 Å². The SMILES string of the molecule is C/C(=N\NC(=O)COc1ccc2ccccc2c1)C1CC2CCC1C2. The second-order valence-electron chi connectivity index (χ2n) is 7.37. The Hall–Kier alpha value is -2.36. The van der Waals surface area contributed by atoms with Crippen LogP contribution in [0.3, 0.4) is 0 Å². The highest BCUT2D eigenvalue weighted by atomic mass is 16.5. The number of hydrazone groups is 1. The second kappa shape index (κ2) is 6.87. The number of carbonyl (C=O) groups is 1. The third-order valence-electron chi connectivity index (χ3n) is 5.72. The van der Waals surface area contributed by atoms with E-state index in [2.05, 4.69) is 16.6 Å². The van der Waals surface area contributed by atoms with Crippen LogP contribution in [0.15, 0.2) is 47.6 Å². The molecule has 2 aromatic carbocycles. The fourth-order valence-electron chi connectivity index (χ4n) is 4.43. The van der Waals surface area contributed by atoms with E-state index in [4.69, 9.17) is 4.74 Å². The van der Waals surface area contributed by atoms with Crippen molar-refractivity contribution in [3.8, 4) is 5.75 Å². The molecule has 2 fully saturated rings. The van der Waals surface area contributed by atoms with Crippen molar-refractivity contribution in [3.05, 3.63) is 42.5 Å². The highest BCUT2D eigenvalue weighted by molar-refractivity contribution is 5.87. The maximum absolute atomic E-state index is 12.0. The van der Waals surface area contributed by atoms with Gasteiger partial charge in [0.1, 0.15) is 5.75 Å². The summed E-state index contributed by atoms with van der Waals surface area (Å²) in [6, 6.07) is 13.9. The van der Waals surface area contributed by atoms with Gasteiger partial charge in [0.2, 0.25) is 0 Å². The van der Waals surface area contributed by atoms with Gasteiger partial charge in [-0.05, 0) is 60.9 Å². The largest absolute Gasteiger partial charge is 0.484 e. The molecule has 2 aromatic rings. The summed E-state index contributed by atoms with van der Waals surface area (Å²) in [5, 5.41) is 6.58. The zero-order chi connectivity index (χ0) is 17.2. The molecular weight excluding hydrogens is 312 g/mol. The summed E-state index contributed by atoms with van der Waals surface area (Å²) in [6.07, 6.45) is 5.28. The highest BCUT2D eigenvalue weighted by Crippen LogP contribution is 2.48. The van der Waals surface area contributed by atoms with Crippen molar-refractivity contribution in [2.75, 3.05) is 6.61 Å². The molecule has 3 atom stereocenters. The van der Waals surface area contributed by atoms with E-state index in [0.717, 1.165) is 28.3 Å². The average molecular weight is 336 g/mol. The quantitative estimate of drug-likeness (QED) is 0.659. The van der Waals surface area contributed by atoms with Gasteiger partial charge in [-0.1, -0.05) is 36.8 Å². The van der Waals surface area contributed by atoms with Crippen LogP contribution in [0.4, 0.5) is 0 Å². The molecule has 4 rings (SSSR count). The lowest BCUT2D eigenvalue weighted by atomic mass is 9.86. The second-order valence-corrected chi connectivity index (χ2v) is 7.37. The molecule has 3 unspecified atom stereocenters. The van der Waals surface area contributed by atoms with E-state index in [9.17, 15) is 4.79 Å². The third kappa shape index (κ3) is 3.53. The van der Waals surface area contributed by atoms with Gasteiger partial charge in [0.15, 0.2) is 6.61 Å². The fourth-order valence-corrected chi connectivity index (χ4v) is 4.43. The first kappa shape index (κ1) is 16.1. The summed E-state index contributed by atoms with van der Waals surface area (Å²) in [5.74, 6) is 2.70. The van der Waals surface area contributed by atoms with E-state index in [1.165, 1.54) is 25.7 Å². The van der Waals surface area contributed by atoms with Gasteiger partial charge in [0, 0.05) is 11.6 Å². The van der Waals surface area contributed by atoms with Gasteiger partial charge >= 0.3 is 0 Å². The highest BCUT2D eigenvalue weighted by Gasteiger charge is 2.40. The molecule has 25 heavy (non-hydrogen) atoms. The minimum Gasteiger partial charge on any atom is -0.484 e. The Bertz CT molecular complexity index is 814. The van der Waals surface area contributed by atoms with Crippen molar-refractivity contribution in [3.63, 3.8) is 0 Å². The number of hydrogen-bond acceptors (Lipinski definition) is 3. The van der Waals surface area contributed by atoms with Gasteiger partial charge < -0.3 is 4.74 Å². The summed E-state index contributed by atoms with van der Waals surface area (Å²) < 4.78 is 5.60. The molecule has 2 aliphatic carbocycles. The topological polar surface area (TPSA) is 50.7 Å². The van der Waals surface area contributed by atoms with Gasteiger partial charge in [0.25, 0.3) is 5.91 Å². The number of carbonyl (C=O) groups excluding carboxylic acids is 1. The van der Waals surface area contributed by atoms with E-state index in [1.807, 2.05) is 43.3 Å². The van der Waals surface area contributed by atoms with Crippen molar-refractivity contribution in [2.24, 2.45) is 22.9 Å². The van der Waals surface area contributed by atoms with Crippen molar-refractivity contribution in [1.82, 2.24) is 5.43 Å². The van der Waals surface area contributed by atoms with E-state index in [1.54, 1.807) is 0 Å². The Labute approximate surface area is 148 Å². The number of amides is 1. The van der Waals surface area contributed by atoms with Crippen LogP contribution >= 0.6 is 0 Å². The van der Waals surface area contributed by atoms with Gasteiger partial charge in [-0.3, -0.25) is 4.79 Å². The van der Waals surface area contributed by atoms with Gasteiger partial charge in [0.05, 0.1) is 0 Å². The predicted molar refractivity (Wildman–Crippen MR) is 99.6 cm³/mol. The summed E-state index contributed by atoms with van der Waals surface area (Å²) in [7, 11) is 0. The Morgan fingerprint density at radius 1 is 1.16 bits per heavy atom. The third-order valence-corrected chi connectivity index (χ3v) is 5.72. The normalized spacial score (nSPS) is 25.3. The Morgan fingerprint density at radius 3 is 2.76 bits per heavy atom. The van der Waals surface area contributed by atoms with Crippen molar-refractivity contribution in [1.29, 1.82) is 0 Å². The number of fused-ring (bicyclic) bond motifs is 3. The lowest BCUT2D eigenvalue weighted by molar-refractivity contribution is -0.123. The molecule has 0 aliphatic heterocycles. The van der Waals surface area contributed by atoms with Gasteiger partial charge in [-0.15, -0.1) is 0 Å². The molecule has 0 heterocycles. The molecular formula is C21H24N2O2. The van der Waals surface area contributed by atoms with Crippen molar-refractivity contribution < 1.29 is 9.53 Å². The summed E-state index contributed by atoms with van der Waals surface area (Å²) in [5.41, 5.74) is 3.71. The van der Waals surface area contributed by atoms with Gasteiger partial charge in [-0.25, -0.2) is 5.43 Å². The predicted octanol–water partition coefficient (Wildman–Crippen LogP) is 4.15. The molecule has 1 N–H and O–H groups in total. The Kier molecular flexibility index (Phi) is 4.43. The molecule has 1 amide bonds. The molecule has 0 aromatic heterocycles. The van der Waals surface area contributed by atoms with E-state index >= 15 is 0 Å². The van der Waals surface area contributed by atoms with Crippen LogP contribution in [0.2, 0.25) is 0 Å². The van der Waals surface area contributed by atoms with E-state index in [0.29, 0.717) is 11.7 Å². The molecule has 4 nitrogen and oxygen atoms in total.